The van der Waals surface area contributed by atoms with E-state index in [1.165, 1.54) is 17.2 Å². The molecule has 7 nitrogen and oxygen atoms in total. The van der Waals surface area contributed by atoms with E-state index in [-0.39, 0.29) is 11.7 Å². The summed E-state index contributed by atoms with van der Waals surface area (Å²) in [6.45, 7) is 10.4. The first-order valence-corrected chi connectivity index (χ1v) is 17.0. The third-order valence-electron chi connectivity index (χ3n) is 7.90. The van der Waals surface area contributed by atoms with Crippen LogP contribution in [-0.2, 0) is 32.1 Å². The van der Waals surface area contributed by atoms with Crippen molar-refractivity contribution in [3.8, 4) is 0 Å². The molecule has 2 unspecified atom stereocenters. The first-order valence-electron chi connectivity index (χ1n) is 15.6. The minimum atomic E-state index is -5.59. The lowest BCUT2D eigenvalue weighted by Gasteiger charge is -2.31. The molecule has 2 heterocycles. The molecule has 2 aliphatic rings. The SMILES string of the molecule is CC1CN(Cc2ccccc2)CC=C1OS(=O)(=O)C(F)(F)F.CCOC(=O)c1cccc(C2=CCN(Cc3ccccc3)CC2C)c1. The molecule has 2 aliphatic heterocycles. The monoisotopic (exact) mass is 670 g/mol. The van der Waals surface area contributed by atoms with Crippen molar-refractivity contribution in [2.75, 3.05) is 32.8 Å². The van der Waals surface area contributed by atoms with Crippen LogP contribution in [0.1, 0.15) is 47.8 Å². The quantitative estimate of drug-likeness (QED) is 0.135. The molecule has 0 N–H and O–H groups in total. The molecule has 0 bridgehead atoms. The second-order valence-electron chi connectivity index (χ2n) is 11.7. The van der Waals surface area contributed by atoms with Gasteiger partial charge in [0, 0.05) is 45.2 Å². The van der Waals surface area contributed by atoms with Crippen molar-refractivity contribution in [2.45, 2.75) is 39.4 Å². The third kappa shape index (κ3) is 10.3. The number of nitrogens with zero attached hydrogens (tertiary/aromatic N) is 2. The van der Waals surface area contributed by atoms with Gasteiger partial charge in [0.1, 0.15) is 5.76 Å². The Balaban J connectivity index is 0.000000215. The number of ether oxygens (including phenoxy) is 1. The number of esters is 1. The highest BCUT2D eigenvalue weighted by molar-refractivity contribution is 7.87. The number of carbonyl (C=O) groups excluding carboxylic acids is 1. The van der Waals surface area contributed by atoms with Crippen LogP contribution in [0.3, 0.4) is 0 Å². The molecule has 0 amide bonds. The highest BCUT2D eigenvalue weighted by atomic mass is 32.2. The van der Waals surface area contributed by atoms with Crippen LogP contribution in [0.4, 0.5) is 13.2 Å². The Labute approximate surface area is 275 Å². The van der Waals surface area contributed by atoms with Gasteiger partial charge in [0.25, 0.3) is 0 Å². The Kier molecular flexibility index (Phi) is 12.4. The maximum atomic E-state index is 12.3. The van der Waals surface area contributed by atoms with E-state index in [1.54, 1.807) is 6.92 Å². The zero-order valence-electron chi connectivity index (χ0n) is 26.8. The fraction of sp³-hybridized carbons (Fsp3) is 0.361. The normalized spacial score (nSPS) is 19.1. The van der Waals surface area contributed by atoms with Gasteiger partial charge in [-0.1, -0.05) is 92.7 Å². The Hall–Kier alpha value is -3.93. The van der Waals surface area contributed by atoms with Crippen molar-refractivity contribution in [1.29, 1.82) is 0 Å². The molecule has 47 heavy (non-hydrogen) atoms. The fourth-order valence-electron chi connectivity index (χ4n) is 5.63. The number of hydrogen-bond acceptors (Lipinski definition) is 7. The maximum absolute atomic E-state index is 12.3. The molecule has 0 aromatic heterocycles. The van der Waals surface area contributed by atoms with Gasteiger partial charge in [0.2, 0.25) is 0 Å². The number of halogens is 3. The first kappa shape index (κ1) is 35.9. The second kappa shape index (κ2) is 16.3. The van der Waals surface area contributed by atoms with Crippen LogP contribution in [0.5, 0.6) is 0 Å². The van der Waals surface area contributed by atoms with Crippen molar-refractivity contribution in [1.82, 2.24) is 9.80 Å². The largest absolute Gasteiger partial charge is 0.534 e. The van der Waals surface area contributed by atoms with Gasteiger partial charge in [-0.3, -0.25) is 9.80 Å². The number of benzene rings is 3. The summed E-state index contributed by atoms with van der Waals surface area (Å²) in [5.74, 6) is -0.412. The number of rotatable bonds is 9. The molecule has 0 spiro atoms. The minimum absolute atomic E-state index is 0.151. The van der Waals surface area contributed by atoms with Gasteiger partial charge in [-0.05, 0) is 53.3 Å². The lowest BCUT2D eigenvalue weighted by molar-refractivity contribution is -0.0529. The zero-order valence-corrected chi connectivity index (χ0v) is 27.6. The van der Waals surface area contributed by atoms with Gasteiger partial charge < -0.3 is 8.92 Å². The fourth-order valence-corrected chi connectivity index (χ4v) is 6.22. The molecular formula is C36H41F3N2O5S. The average molecular weight is 671 g/mol. The molecule has 11 heteroatoms. The van der Waals surface area contributed by atoms with Crippen LogP contribution in [-0.4, -0.2) is 62.5 Å². The molecule has 0 aliphatic carbocycles. The minimum Gasteiger partial charge on any atom is -0.462 e. The summed E-state index contributed by atoms with van der Waals surface area (Å²) < 4.78 is 68.4. The van der Waals surface area contributed by atoms with Crippen LogP contribution >= 0.6 is 0 Å². The van der Waals surface area contributed by atoms with Crippen molar-refractivity contribution in [3.63, 3.8) is 0 Å². The Morgan fingerprint density at radius 1 is 0.809 bits per heavy atom. The van der Waals surface area contributed by atoms with E-state index in [0.29, 0.717) is 37.7 Å². The highest BCUT2D eigenvalue weighted by Crippen LogP contribution is 2.31. The van der Waals surface area contributed by atoms with Crippen molar-refractivity contribution in [3.05, 3.63) is 125 Å². The summed E-state index contributed by atoms with van der Waals surface area (Å²) in [6, 6.07) is 28.0. The molecule has 0 saturated heterocycles. The van der Waals surface area contributed by atoms with Crippen LogP contribution in [0.2, 0.25) is 0 Å². The Bertz CT molecular complexity index is 1640. The molecule has 0 saturated carbocycles. The first-order chi connectivity index (χ1) is 22.4. The number of alkyl halides is 3. The predicted molar refractivity (Wildman–Crippen MR) is 176 cm³/mol. The van der Waals surface area contributed by atoms with E-state index in [1.807, 2.05) is 60.4 Å². The third-order valence-corrected chi connectivity index (χ3v) is 8.87. The summed E-state index contributed by atoms with van der Waals surface area (Å²) in [5.41, 5.74) is 0.0765. The Morgan fingerprint density at radius 3 is 1.87 bits per heavy atom. The molecule has 252 valence electrons. The summed E-state index contributed by atoms with van der Waals surface area (Å²) in [4.78, 5) is 16.4. The molecular weight excluding hydrogens is 629 g/mol. The van der Waals surface area contributed by atoms with Gasteiger partial charge in [-0.2, -0.15) is 21.6 Å². The molecule has 0 fully saturated rings. The van der Waals surface area contributed by atoms with Crippen molar-refractivity contribution < 1.29 is 35.3 Å². The standard InChI is InChI=1S/C22H25NO2.C14H16F3NO3S/c1-3-25-22(24)20-11-7-10-19(14-20)21-12-13-23(15-17(21)2)16-18-8-5-4-6-9-18;1-11-9-18(10-12-5-3-2-4-6-12)8-7-13(11)21-22(19,20)14(15,16)17/h4-12,14,17H,3,13,15-16H2,1-2H3;2-7,11H,8-10H2,1H3. The smallest absolute Gasteiger partial charge is 0.462 e. The van der Waals surface area contributed by atoms with Gasteiger partial charge in [-0.25, -0.2) is 4.79 Å². The number of hydrogen-bond donors (Lipinski definition) is 0. The van der Waals surface area contributed by atoms with Crippen LogP contribution in [0, 0.1) is 11.8 Å². The van der Waals surface area contributed by atoms with E-state index in [9.17, 15) is 26.4 Å². The van der Waals surface area contributed by atoms with Crippen LogP contribution in [0.25, 0.3) is 5.57 Å². The van der Waals surface area contributed by atoms with Crippen LogP contribution < -0.4 is 0 Å². The zero-order chi connectivity index (χ0) is 34.0. The molecule has 0 radical (unpaired) electrons. The van der Waals surface area contributed by atoms with E-state index in [4.69, 9.17) is 4.74 Å². The molecule has 5 rings (SSSR count). The van der Waals surface area contributed by atoms with E-state index >= 15 is 0 Å². The summed E-state index contributed by atoms with van der Waals surface area (Å²) in [7, 11) is -5.59. The van der Waals surface area contributed by atoms with Gasteiger partial charge in [0.15, 0.2) is 0 Å². The maximum Gasteiger partial charge on any atom is 0.534 e. The van der Waals surface area contributed by atoms with Crippen molar-refractivity contribution >= 4 is 21.7 Å². The molecule has 3 aromatic carbocycles. The van der Waals surface area contributed by atoms with Gasteiger partial charge >= 0.3 is 21.6 Å². The lowest BCUT2D eigenvalue weighted by Crippen LogP contribution is -2.35. The summed E-state index contributed by atoms with van der Waals surface area (Å²) in [5, 5.41) is 0. The topological polar surface area (TPSA) is 76.1 Å². The predicted octanol–water partition coefficient (Wildman–Crippen LogP) is 7.29. The van der Waals surface area contributed by atoms with Gasteiger partial charge in [0.05, 0.1) is 12.2 Å². The van der Waals surface area contributed by atoms with Gasteiger partial charge in [-0.15, -0.1) is 0 Å². The molecule has 3 aromatic rings. The van der Waals surface area contributed by atoms with Crippen LogP contribution in [0.15, 0.2) is 103 Å². The van der Waals surface area contributed by atoms with E-state index in [0.717, 1.165) is 30.8 Å². The average Bonchev–Trinajstić information content (AvgIpc) is 3.03. The summed E-state index contributed by atoms with van der Waals surface area (Å²) in [6.07, 6.45) is 3.68. The highest BCUT2D eigenvalue weighted by Gasteiger charge is 2.49. The van der Waals surface area contributed by atoms with E-state index in [2.05, 4.69) is 58.5 Å². The lowest BCUT2D eigenvalue weighted by atomic mass is 9.89. The van der Waals surface area contributed by atoms with E-state index < -0.39 is 21.5 Å². The summed E-state index contributed by atoms with van der Waals surface area (Å²) >= 11 is 0. The molecule has 2 atom stereocenters. The number of carbonyl (C=O) groups is 1. The Morgan fingerprint density at radius 2 is 1.36 bits per heavy atom. The van der Waals surface area contributed by atoms with Crippen molar-refractivity contribution in [2.24, 2.45) is 11.8 Å². The second-order valence-corrected chi connectivity index (χ2v) is 13.2.